The second kappa shape index (κ2) is 7.22. The molecule has 0 fully saturated rings. The standard InChI is InChI=1S/C13H19F2NO/c1-10(2)5-6-16-7-8-17-11-3-4-12(14)13(15)9-11/h3-4,9-10,16H,5-8H2,1-2H3. The quantitative estimate of drug-likeness (QED) is 0.743. The van der Waals surface area contributed by atoms with E-state index in [1.807, 2.05) is 0 Å². The highest BCUT2D eigenvalue weighted by Gasteiger charge is 2.02. The molecular formula is C13H19F2NO. The molecule has 0 heterocycles. The molecule has 0 saturated heterocycles. The van der Waals surface area contributed by atoms with Crippen LogP contribution in [0.15, 0.2) is 18.2 Å². The van der Waals surface area contributed by atoms with Crippen molar-refractivity contribution in [2.45, 2.75) is 20.3 Å². The molecule has 0 radical (unpaired) electrons. The van der Waals surface area contributed by atoms with Crippen LogP contribution in [0.2, 0.25) is 0 Å². The Morgan fingerprint density at radius 3 is 2.59 bits per heavy atom. The molecule has 1 N–H and O–H groups in total. The zero-order valence-corrected chi connectivity index (χ0v) is 10.3. The lowest BCUT2D eigenvalue weighted by atomic mass is 10.1. The number of nitrogens with one attached hydrogen (secondary N) is 1. The largest absolute Gasteiger partial charge is 0.492 e. The smallest absolute Gasteiger partial charge is 0.162 e. The first-order chi connectivity index (χ1) is 8.09. The second-order valence-corrected chi connectivity index (χ2v) is 4.36. The van der Waals surface area contributed by atoms with Gasteiger partial charge in [-0.05, 0) is 31.0 Å². The molecule has 96 valence electrons. The average Bonchev–Trinajstić information content (AvgIpc) is 2.27. The number of halogens is 2. The van der Waals surface area contributed by atoms with E-state index in [1.165, 1.54) is 6.07 Å². The number of hydrogen-bond donors (Lipinski definition) is 1. The summed E-state index contributed by atoms with van der Waals surface area (Å²) in [5.41, 5.74) is 0. The van der Waals surface area contributed by atoms with Gasteiger partial charge in [0.2, 0.25) is 0 Å². The van der Waals surface area contributed by atoms with Crippen molar-refractivity contribution in [1.29, 1.82) is 0 Å². The molecule has 1 aromatic rings. The molecule has 0 bridgehead atoms. The Kier molecular flexibility index (Phi) is 5.91. The lowest BCUT2D eigenvalue weighted by Crippen LogP contribution is -2.23. The van der Waals surface area contributed by atoms with Crippen LogP contribution in [-0.4, -0.2) is 19.7 Å². The molecule has 2 nitrogen and oxygen atoms in total. The van der Waals surface area contributed by atoms with Crippen LogP contribution < -0.4 is 10.1 Å². The van der Waals surface area contributed by atoms with E-state index in [4.69, 9.17) is 4.74 Å². The zero-order chi connectivity index (χ0) is 12.7. The molecule has 0 amide bonds. The summed E-state index contributed by atoms with van der Waals surface area (Å²) < 4.78 is 30.7. The summed E-state index contributed by atoms with van der Waals surface area (Å²) in [6.45, 7) is 6.42. The van der Waals surface area contributed by atoms with Gasteiger partial charge in [0.05, 0.1) is 0 Å². The Balaban J connectivity index is 2.16. The Labute approximate surface area is 101 Å². The average molecular weight is 243 g/mol. The minimum Gasteiger partial charge on any atom is -0.492 e. The summed E-state index contributed by atoms with van der Waals surface area (Å²) in [6.07, 6.45) is 1.12. The summed E-state index contributed by atoms with van der Waals surface area (Å²) in [5, 5.41) is 3.22. The number of hydrogen-bond acceptors (Lipinski definition) is 2. The van der Waals surface area contributed by atoms with Crippen molar-refractivity contribution in [3.8, 4) is 5.75 Å². The molecule has 0 saturated carbocycles. The first-order valence-electron chi connectivity index (χ1n) is 5.88. The van der Waals surface area contributed by atoms with Crippen molar-refractivity contribution in [2.24, 2.45) is 5.92 Å². The van der Waals surface area contributed by atoms with E-state index in [2.05, 4.69) is 19.2 Å². The molecule has 0 aliphatic carbocycles. The minimum absolute atomic E-state index is 0.356. The summed E-state index contributed by atoms with van der Waals surface area (Å²) in [4.78, 5) is 0. The molecule has 17 heavy (non-hydrogen) atoms. The van der Waals surface area contributed by atoms with Gasteiger partial charge in [0, 0.05) is 12.6 Å². The highest BCUT2D eigenvalue weighted by atomic mass is 19.2. The summed E-state index contributed by atoms with van der Waals surface area (Å²) in [5.74, 6) is -0.702. The summed E-state index contributed by atoms with van der Waals surface area (Å²) >= 11 is 0. The summed E-state index contributed by atoms with van der Waals surface area (Å²) in [7, 11) is 0. The third kappa shape index (κ3) is 5.63. The molecule has 0 aromatic heterocycles. The Bertz CT molecular complexity index is 342. The lowest BCUT2D eigenvalue weighted by molar-refractivity contribution is 0.309. The van der Waals surface area contributed by atoms with Crippen molar-refractivity contribution in [3.05, 3.63) is 29.8 Å². The number of benzene rings is 1. The Morgan fingerprint density at radius 1 is 1.18 bits per heavy atom. The second-order valence-electron chi connectivity index (χ2n) is 4.36. The van der Waals surface area contributed by atoms with Gasteiger partial charge < -0.3 is 10.1 Å². The van der Waals surface area contributed by atoms with E-state index in [-0.39, 0.29) is 0 Å². The van der Waals surface area contributed by atoms with E-state index in [0.717, 1.165) is 25.1 Å². The van der Waals surface area contributed by atoms with Gasteiger partial charge in [-0.3, -0.25) is 0 Å². The maximum absolute atomic E-state index is 12.8. The fourth-order valence-electron chi connectivity index (χ4n) is 1.32. The molecular weight excluding hydrogens is 224 g/mol. The fourth-order valence-corrected chi connectivity index (χ4v) is 1.32. The molecule has 4 heteroatoms. The predicted octanol–water partition coefficient (Wildman–Crippen LogP) is 2.98. The van der Waals surface area contributed by atoms with Crippen molar-refractivity contribution in [3.63, 3.8) is 0 Å². The van der Waals surface area contributed by atoms with E-state index >= 15 is 0 Å². The SMILES string of the molecule is CC(C)CCNCCOc1ccc(F)c(F)c1. The van der Waals surface area contributed by atoms with Gasteiger partial charge in [0.25, 0.3) is 0 Å². The van der Waals surface area contributed by atoms with Gasteiger partial charge in [-0.2, -0.15) is 0 Å². The van der Waals surface area contributed by atoms with Crippen molar-refractivity contribution < 1.29 is 13.5 Å². The Morgan fingerprint density at radius 2 is 1.94 bits per heavy atom. The lowest BCUT2D eigenvalue weighted by Gasteiger charge is -2.08. The number of ether oxygens (including phenoxy) is 1. The molecule has 1 aromatic carbocycles. The van der Waals surface area contributed by atoms with Crippen LogP contribution in [0.1, 0.15) is 20.3 Å². The van der Waals surface area contributed by atoms with Crippen molar-refractivity contribution in [1.82, 2.24) is 5.32 Å². The van der Waals surface area contributed by atoms with Crippen LogP contribution in [0.5, 0.6) is 5.75 Å². The Hall–Kier alpha value is -1.16. The van der Waals surface area contributed by atoms with Crippen LogP contribution in [0.4, 0.5) is 8.78 Å². The van der Waals surface area contributed by atoms with Crippen molar-refractivity contribution >= 4 is 0 Å². The highest BCUT2D eigenvalue weighted by Crippen LogP contribution is 2.14. The molecule has 0 aliphatic heterocycles. The normalized spacial score (nSPS) is 10.9. The van der Waals surface area contributed by atoms with Crippen LogP contribution in [0.25, 0.3) is 0 Å². The van der Waals surface area contributed by atoms with E-state index in [0.29, 0.717) is 24.8 Å². The monoisotopic (exact) mass is 243 g/mol. The van der Waals surface area contributed by atoms with E-state index in [9.17, 15) is 8.78 Å². The maximum atomic E-state index is 12.8. The van der Waals surface area contributed by atoms with Crippen LogP contribution in [0, 0.1) is 17.6 Å². The molecule has 0 atom stereocenters. The highest BCUT2D eigenvalue weighted by molar-refractivity contribution is 5.23. The molecule has 0 spiro atoms. The van der Waals surface area contributed by atoms with Gasteiger partial charge in [0.15, 0.2) is 11.6 Å². The minimum atomic E-state index is -0.879. The first kappa shape index (κ1) is 13.9. The van der Waals surface area contributed by atoms with Gasteiger partial charge in [-0.15, -0.1) is 0 Å². The molecule has 0 unspecified atom stereocenters. The molecule has 0 aliphatic rings. The summed E-state index contributed by atoms with van der Waals surface area (Å²) in [6, 6.07) is 3.55. The van der Waals surface area contributed by atoms with E-state index in [1.54, 1.807) is 0 Å². The number of rotatable bonds is 7. The van der Waals surface area contributed by atoms with Crippen LogP contribution >= 0.6 is 0 Å². The topological polar surface area (TPSA) is 21.3 Å². The van der Waals surface area contributed by atoms with E-state index < -0.39 is 11.6 Å². The van der Waals surface area contributed by atoms with Gasteiger partial charge in [0.1, 0.15) is 12.4 Å². The van der Waals surface area contributed by atoms with Crippen LogP contribution in [-0.2, 0) is 0 Å². The molecule has 1 rings (SSSR count). The van der Waals surface area contributed by atoms with Gasteiger partial charge in [-0.1, -0.05) is 13.8 Å². The first-order valence-corrected chi connectivity index (χ1v) is 5.88. The van der Waals surface area contributed by atoms with Crippen LogP contribution in [0.3, 0.4) is 0 Å². The van der Waals surface area contributed by atoms with Gasteiger partial charge in [-0.25, -0.2) is 8.78 Å². The third-order valence-electron chi connectivity index (χ3n) is 2.34. The third-order valence-corrected chi connectivity index (χ3v) is 2.34. The zero-order valence-electron chi connectivity index (χ0n) is 10.3. The van der Waals surface area contributed by atoms with Crippen molar-refractivity contribution in [2.75, 3.05) is 19.7 Å². The fraction of sp³-hybridized carbons (Fsp3) is 0.538. The maximum Gasteiger partial charge on any atom is 0.162 e. The van der Waals surface area contributed by atoms with Gasteiger partial charge >= 0.3 is 0 Å². The predicted molar refractivity (Wildman–Crippen MR) is 64.2 cm³/mol.